The lowest BCUT2D eigenvalue weighted by molar-refractivity contribution is 0.0514. The number of hydrogen-bond donors (Lipinski definition) is 1. The van der Waals surface area contributed by atoms with Gasteiger partial charge in [-0.2, -0.15) is 4.31 Å². The number of benzene rings is 1. The van der Waals surface area contributed by atoms with Crippen molar-refractivity contribution in [2.24, 2.45) is 0 Å². The van der Waals surface area contributed by atoms with Crippen molar-refractivity contribution in [1.82, 2.24) is 13.6 Å². The van der Waals surface area contributed by atoms with E-state index in [1.807, 2.05) is 0 Å². The molecule has 2 heterocycles. The fourth-order valence-corrected chi connectivity index (χ4v) is 6.46. The molecule has 1 aliphatic rings. The number of piperazine rings is 1. The second-order valence-corrected chi connectivity index (χ2v) is 10.9. The van der Waals surface area contributed by atoms with Crippen LogP contribution in [0.3, 0.4) is 0 Å². The highest BCUT2D eigenvalue weighted by molar-refractivity contribution is 8.36. The molecule has 1 saturated heterocycles. The quantitative estimate of drug-likeness (QED) is 0.535. The molecule has 9 nitrogen and oxygen atoms in total. The SMILES string of the molecule is CCOC(=O)c1c(S(=O)(=O)N2CCNCC2)c2ccccc2n1S(=O)(=O)P. The second kappa shape index (κ2) is 7.48. The molecule has 27 heavy (non-hydrogen) atoms. The predicted octanol–water partition coefficient (Wildman–Crippen LogP) is 0.380. The Bertz CT molecular complexity index is 1090. The Morgan fingerprint density at radius 1 is 1.19 bits per heavy atom. The first-order chi connectivity index (χ1) is 12.7. The highest BCUT2D eigenvalue weighted by Crippen LogP contribution is 2.35. The summed E-state index contributed by atoms with van der Waals surface area (Å²) in [6.07, 6.45) is 0. The van der Waals surface area contributed by atoms with Crippen LogP contribution in [0.25, 0.3) is 10.9 Å². The Labute approximate surface area is 159 Å². The van der Waals surface area contributed by atoms with Crippen LogP contribution in [0.15, 0.2) is 29.2 Å². The van der Waals surface area contributed by atoms with E-state index in [-0.39, 0.29) is 35.5 Å². The summed E-state index contributed by atoms with van der Waals surface area (Å²) >= 11 is 0. The van der Waals surface area contributed by atoms with Gasteiger partial charge in [0, 0.05) is 40.0 Å². The molecule has 1 fully saturated rings. The van der Waals surface area contributed by atoms with Gasteiger partial charge >= 0.3 is 5.97 Å². The normalized spacial score (nSPS) is 16.5. The van der Waals surface area contributed by atoms with Crippen LogP contribution in [0.4, 0.5) is 0 Å². The van der Waals surface area contributed by atoms with Gasteiger partial charge in [-0.15, -0.1) is 0 Å². The number of rotatable bonds is 5. The van der Waals surface area contributed by atoms with E-state index >= 15 is 0 Å². The van der Waals surface area contributed by atoms with E-state index in [1.165, 1.54) is 16.4 Å². The van der Waals surface area contributed by atoms with Gasteiger partial charge in [-0.05, 0) is 13.0 Å². The highest BCUT2D eigenvalue weighted by atomic mass is 32.7. The molecule has 0 spiro atoms. The molecule has 12 heteroatoms. The zero-order valence-corrected chi connectivity index (χ0v) is 17.4. The number of aromatic nitrogens is 1. The van der Waals surface area contributed by atoms with E-state index in [1.54, 1.807) is 27.5 Å². The molecule has 1 aromatic carbocycles. The third-order valence-corrected chi connectivity index (χ3v) is 7.68. The minimum atomic E-state index is -4.12. The molecule has 2 aromatic rings. The van der Waals surface area contributed by atoms with Gasteiger partial charge < -0.3 is 10.1 Å². The van der Waals surface area contributed by atoms with E-state index < -0.39 is 31.3 Å². The van der Waals surface area contributed by atoms with Crippen LogP contribution < -0.4 is 5.32 Å². The van der Waals surface area contributed by atoms with Crippen LogP contribution >= 0.6 is 8.44 Å². The Balaban J connectivity index is 2.41. The number of sulfonamides is 1. The Morgan fingerprint density at radius 3 is 2.41 bits per heavy atom. The molecule has 1 N–H and O–H groups in total. The maximum atomic E-state index is 13.3. The van der Waals surface area contributed by atoms with Gasteiger partial charge in [-0.3, -0.25) is 0 Å². The Morgan fingerprint density at radius 2 is 1.81 bits per heavy atom. The molecule has 0 saturated carbocycles. The first-order valence-corrected chi connectivity index (χ1v) is 12.6. The highest BCUT2D eigenvalue weighted by Gasteiger charge is 2.38. The summed E-state index contributed by atoms with van der Waals surface area (Å²) in [6, 6.07) is 6.11. The summed E-state index contributed by atoms with van der Waals surface area (Å²) in [4.78, 5) is 12.3. The number of hydrogen-bond acceptors (Lipinski definition) is 7. The first-order valence-electron chi connectivity index (χ1n) is 8.24. The lowest BCUT2D eigenvalue weighted by Crippen LogP contribution is -2.46. The van der Waals surface area contributed by atoms with Crippen molar-refractivity contribution in [3.63, 3.8) is 0 Å². The first kappa shape index (κ1) is 20.2. The number of nitrogens with zero attached hydrogens (tertiary/aromatic N) is 2. The number of para-hydroxylation sites is 1. The topological polar surface area (TPSA) is 115 Å². The molecule has 1 unspecified atom stereocenters. The molecule has 1 atom stereocenters. The van der Waals surface area contributed by atoms with Crippen LogP contribution in [-0.4, -0.2) is 63.9 Å². The van der Waals surface area contributed by atoms with Gasteiger partial charge in [0.05, 0.1) is 12.1 Å². The van der Waals surface area contributed by atoms with Gasteiger partial charge in [0.25, 0.3) is 0 Å². The number of esters is 1. The summed E-state index contributed by atoms with van der Waals surface area (Å²) in [5.74, 6) is -1.01. The van der Waals surface area contributed by atoms with Crippen molar-refractivity contribution in [2.45, 2.75) is 11.8 Å². The third-order valence-electron chi connectivity index (χ3n) is 4.18. The summed E-state index contributed by atoms with van der Waals surface area (Å²) < 4.78 is 58.4. The summed E-state index contributed by atoms with van der Waals surface area (Å²) in [5, 5.41) is 3.22. The van der Waals surface area contributed by atoms with Crippen LogP contribution in [0.1, 0.15) is 17.4 Å². The van der Waals surface area contributed by atoms with Crippen molar-refractivity contribution in [2.75, 3.05) is 32.8 Å². The van der Waals surface area contributed by atoms with Gasteiger partial charge in [0.1, 0.15) is 4.90 Å². The van der Waals surface area contributed by atoms with Crippen molar-refractivity contribution >= 4 is 45.0 Å². The van der Waals surface area contributed by atoms with Crippen LogP contribution in [0, 0.1) is 0 Å². The van der Waals surface area contributed by atoms with E-state index in [0.29, 0.717) is 13.1 Å². The molecule has 1 aliphatic heterocycles. The lowest BCUT2D eigenvalue weighted by atomic mass is 10.2. The summed E-state index contributed by atoms with van der Waals surface area (Å²) in [5.41, 5.74) is -0.407. The van der Waals surface area contributed by atoms with E-state index in [0.717, 1.165) is 3.97 Å². The standard InChI is InChI=1S/C15H20N3O6PS2/c1-2-24-15(19)13-14(26(20,21)17-9-7-16-8-10-17)11-5-3-4-6-12(11)18(13)27(22,23)25/h3-6,16H,2,7-10,25H2,1H3. The number of carbonyl (C=O) groups is 1. The van der Waals surface area contributed by atoms with Gasteiger partial charge in [-0.1, -0.05) is 18.2 Å². The largest absolute Gasteiger partial charge is 0.461 e. The second-order valence-electron chi connectivity index (χ2n) is 5.88. The maximum absolute atomic E-state index is 13.3. The average molecular weight is 433 g/mol. The number of fused-ring (bicyclic) bond motifs is 1. The van der Waals surface area contributed by atoms with Crippen molar-refractivity contribution < 1.29 is 26.4 Å². The van der Waals surface area contributed by atoms with E-state index in [2.05, 4.69) is 5.32 Å². The minimum absolute atomic E-state index is 0.0234. The van der Waals surface area contributed by atoms with Crippen LogP contribution in [0.5, 0.6) is 0 Å². The molecule has 148 valence electrons. The molecule has 0 bridgehead atoms. The fourth-order valence-electron chi connectivity index (χ4n) is 3.10. The molecular formula is C15H20N3O6PS2. The van der Waals surface area contributed by atoms with Crippen molar-refractivity contribution in [3.05, 3.63) is 30.0 Å². The minimum Gasteiger partial charge on any atom is -0.461 e. The van der Waals surface area contributed by atoms with Gasteiger partial charge in [0.15, 0.2) is 5.69 Å². The van der Waals surface area contributed by atoms with E-state index in [4.69, 9.17) is 4.74 Å². The predicted molar refractivity (Wildman–Crippen MR) is 104 cm³/mol. The molecule has 1 aromatic heterocycles. The third kappa shape index (κ3) is 3.62. The summed E-state index contributed by atoms with van der Waals surface area (Å²) in [6.45, 7) is 2.91. The zero-order valence-electron chi connectivity index (χ0n) is 14.6. The monoisotopic (exact) mass is 433 g/mol. The van der Waals surface area contributed by atoms with Crippen LogP contribution in [-0.2, 0) is 24.4 Å². The molecule has 0 radical (unpaired) electrons. The zero-order chi connectivity index (χ0) is 19.8. The molecule has 3 rings (SSSR count). The Kier molecular flexibility index (Phi) is 5.60. The average Bonchev–Trinajstić information content (AvgIpc) is 2.99. The van der Waals surface area contributed by atoms with Crippen LogP contribution in [0.2, 0.25) is 0 Å². The molecule has 0 aliphatic carbocycles. The Hall–Kier alpha value is -1.52. The molecular weight excluding hydrogens is 413 g/mol. The van der Waals surface area contributed by atoms with Crippen molar-refractivity contribution in [1.29, 1.82) is 0 Å². The maximum Gasteiger partial charge on any atom is 0.357 e. The van der Waals surface area contributed by atoms with Gasteiger partial charge in [0.2, 0.25) is 19.7 Å². The number of ether oxygens (including phenoxy) is 1. The lowest BCUT2D eigenvalue weighted by Gasteiger charge is -2.26. The fraction of sp³-hybridized carbons (Fsp3) is 0.400. The smallest absolute Gasteiger partial charge is 0.357 e. The summed E-state index contributed by atoms with van der Waals surface area (Å²) in [7, 11) is -6.53. The van der Waals surface area contributed by atoms with E-state index in [9.17, 15) is 21.6 Å². The number of carbonyl (C=O) groups excluding carboxylic acids is 1. The van der Waals surface area contributed by atoms with Gasteiger partial charge in [-0.25, -0.2) is 25.6 Å². The number of nitrogens with one attached hydrogen (secondary N) is 1. The molecule has 0 amide bonds. The van der Waals surface area contributed by atoms with Crippen molar-refractivity contribution in [3.8, 4) is 0 Å².